The van der Waals surface area contributed by atoms with Crippen LogP contribution in [0, 0.1) is 5.92 Å². The summed E-state index contributed by atoms with van der Waals surface area (Å²) < 4.78 is 5.27. The lowest BCUT2D eigenvalue weighted by atomic mass is 10.2. The Morgan fingerprint density at radius 1 is 1.19 bits per heavy atom. The molecule has 1 aliphatic rings. The Morgan fingerprint density at radius 3 is 2.54 bits per heavy atom. The van der Waals surface area contributed by atoms with Crippen LogP contribution in [-0.4, -0.2) is 61.4 Å². The maximum absolute atomic E-state index is 11.6. The molecular weight excluding hydrogens is 340 g/mol. The Balaban J connectivity index is 1.97. The fourth-order valence-electron chi connectivity index (χ4n) is 1.94. The van der Waals surface area contributed by atoms with Gasteiger partial charge in [-0.25, -0.2) is 5.43 Å². The molecule has 1 rings (SSSR count). The highest BCUT2D eigenvalue weighted by molar-refractivity contribution is 6.13. The molecule has 1 atom stereocenters. The van der Waals surface area contributed by atoms with Crippen LogP contribution in [0.15, 0.2) is 24.8 Å². The summed E-state index contributed by atoms with van der Waals surface area (Å²) in [7, 11) is 0. The van der Waals surface area contributed by atoms with Gasteiger partial charge >= 0.3 is 0 Å². The molecule has 0 aliphatic carbocycles. The first-order chi connectivity index (χ1) is 12.4. The third-order valence-electron chi connectivity index (χ3n) is 3.56. The number of hydrogen-bond acceptors (Lipinski definition) is 6. The van der Waals surface area contributed by atoms with Gasteiger partial charge in [0, 0.05) is 38.2 Å². The predicted molar refractivity (Wildman–Crippen MR) is 94.4 cm³/mol. The van der Waals surface area contributed by atoms with Crippen LogP contribution < -0.4 is 16.2 Å². The zero-order valence-electron chi connectivity index (χ0n) is 15.0. The first-order valence-corrected chi connectivity index (χ1v) is 8.46. The number of nitrogens with zero attached hydrogens (tertiary/aromatic N) is 1. The van der Waals surface area contributed by atoms with Crippen LogP contribution in [0.25, 0.3) is 0 Å². The number of nitrogens with one attached hydrogen (secondary N) is 3. The van der Waals surface area contributed by atoms with Crippen LogP contribution in [0.5, 0.6) is 0 Å². The quantitative estimate of drug-likeness (QED) is 0.171. The first kappa shape index (κ1) is 21.5. The molecule has 26 heavy (non-hydrogen) atoms. The summed E-state index contributed by atoms with van der Waals surface area (Å²) in [6, 6.07) is 0. The summed E-state index contributed by atoms with van der Waals surface area (Å²) in [6.07, 6.45) is 4.39. The number of hydrazine groups is 1. The molecule has 144 valence electrons. The average molecular weight is 366 g/mol. The zero-order chi connectivity index (χ0) is 19.4. The Kier molecular flexibility index (Phi) is 9.88. The van der Waals surface area contributed by atoms with Crippen molar-refractivity contribution in [2.24, 2.45) is 5.92 Å². The molecule has 9 heteroatoms. The second-order valence-electron chi connectivity index (χ2n) is 5.77. The molecule has 4 amide bonds. The Bertz CT molecular complexity index is 543. The molecule has 0 bridgehead atoms. The SMILES string of the molecule is C=CC(C)CNNC(=O)CCOCCNC(=O)CCN1C(=O)C=CC1=O. The third kappa shape index (κ3) is 8.54. The summed E-state index contributed by atoms with van der Waals surface area (Å²) >= 11 is 0. The third-order valence-corrected chi connectivity index (χ3v) is 3.56. The summed E-state index contributed by atoms with van der Waals surface area (Å²) in [5.74, 6) is -1.01. The van der Waals surface area contributed by atoms with Crippen LogP contribution in [0.3, 0.4) is 0 Å². The van der Waals surface area contributed by atoms with E-state index in [1.165, 1.54) is 12.2 Å². The minimum atomic E-state index is -0.405. The van der Waals surface area contributed by atoms with Crippen LogP contribution in [0.4, 0.5) is 0 Å². The maximum Gasteiger partial charge on any atom is 0.253 e. The van der Waals surface area contributed by atoms with Crippen molar-refractivity contribution >= 4 is 23.6 Å². The van der Waals surface area contributed by atoms with E-state index in [0.29, 0.717) is 6.54 Å². The molecule has 0 spiro atoms. The van der Waals surface area contributed by atoms with E-state index >= 15 is 0 Å². The number of carbonyl (C=O) groups excluding carboxylic acids is 4. The van der Waals surface area contributed by atoms with Gasteiger partial charge in [0.25, 0.3) is 11.8 Å². The van der Waals surface area contributed by atoms with Crippen LogP contribution >= 0.6 is 0 Å². The lowest BCUT2D eigenvalue weighted by molar-refractivity contribution is -0.137. The van der Waals surface area contributed by atoms with E-state index < -0.39 is 11.8 Å². The topological polar surface area (TPSA) is 117 Å². The van der Waals surface area contributed by atoms with Crippen LogP contribution in [0.2, 0.25) is 0 Å². The van der Waals surface area contributed by atoms with E-state index in [0.717, 1.165) is 4.90 Å². The Labute approximate surface area is 152 Å². The monoisotopic (exact) mass is 366 g/mol. The predicted octanol–water partition coefficient (Wildman–Crippen LogP) is -0.733. The maximum atomic E-state index is 11.6. The molecule has 0 fully saturated rings. The summed E-state index contributed by atoms with van der Waals surface area (Å²) in [5, 5.41) is 2.62. The Hall–Kier alpha value is -2.52. The highest BCUT2D eigenvalue weighted by Gasteiger charge is 2.23. The lowest BCUT2D eigenvalue weighted by Crippen LogP contribution is -2.40. The molecule has 0 aromatic carbocycles. The summed E-state index contributed by atoms with van der Waals surface area (Å²) in [6.45, 7) is 7.07. The van der Waals surface area contributed by atoms with Gasteiger partial charge in [0.15, 0.2) is 0 Å². The largest absolute Gasteiger partial charge is 0.379 e. The molecule has 1 unspecified atom stereocenters. The molecule has 9 nitrogen and oxygen atoms in total. The molecule has 3 N–H and O–H groups in total. The molecule has 1 aliphatic heterocycles. The van der Waals surface area contributed by atoms with Gasteiger partial charge in [-0.1, -0.05) is 13.0 Å². The van der Waals surface area contributed by atoms with Crippen molar-refractivity contribution in [2.75, 3.05) is 32.8 Å². The van der Waals surface area contributed by atoms with E-state index in [-0.39, 0.29) is 56.9 Å². The van der Waals surface area contributed by atoms with E-state index in [4.69, 9.17) is 4.74 Å². The second kappa shape index (κ2) is 11.9. The normalized spacial score (nSPS) is 14.4. The highest BCUT2D eigenvalue weighted by Crippen LogP contribution is 2.03. The van der Waals surface area contributed by atoms with Gasteiger partial charge in [0.1, 0.15) is 0 Å². The van der Waals surface area contributed by atoms with Crippen molar-refractivity contribution in [1.29, 1.82) is 0 Å². The first-order valence-electron chi connectivity index (χ1n) is 8.46. The van der Waals surface area contributed by atoms with E-state index in [9.17, 15) is 19.2 Å². The van der Waals surface area contributed by atoms with Crippen molar-refractivity contribution in [3.05, 3.63) is 24.8 Å². The summed E-state index contributed by atoms with van der Waals surface area (Å²) in [5.41, 5.74) is 5.36. The van der Waals surface area contributed by atoms with Crippen molar-refractivity contribution in [2.45, 2.75) is 19.8 Å². The second-order valence-corrected chi connectivity index (χ2v) is 5.77. The van der Waals surface area contributed by atoms with Gasteiger partial charge in [0.2, 0.25) is 11.8 Å². The minimum absolute atomic E-state index is 0.0381. The standard InChI is InChI=1S/C17H26N4O5/c1-3-13(2)12-19-20-15(23)7-10-26-11-8-18-14(22)6-9-21-16(24)4-5-17(21)25/h3-5,13,19H,1,6-12H2,2H3,(H,18,22)(H,20,23). The van der Waals surface area contributed by atoms with Crippen molar-refractivity contribution in [3.63, 3.8) is 0 Å². The Morgan fingerprint density at radius 2 is 1.88 bits per heavy atom. The number of hydrogen-bond donors (Lipinski definition) is 3. The van der Waals surface area contributed by atoms with Crippen molar-refractivity contribution in [1.82, 2.24) is 21.1 Å². The molecule has 0 saturated heterocycles. The van der Waals surface area contributed by atoms with Crippen LogP contribution in [0.1, 0.15) is 19.8 Å². The number of carbonyl (C=O) groups is 4. The number of rotatable bonds is 13. The van der Waals surface area contributed by atoms with Gasteiger partial charge < -0.3 is 10.1 Å². The minimum Gasteiger partial charge on any atom is -0.379 e. The fourth-order valence-corrected chi connectivity index (χ4v) is 1.94. The van der Waals surface area contributed by atoms with E-state index in [1.807, 2.05) is 6.92 Å². The number of ether oxygens (including phenoxy) is 1. The van der Waals surface area contributed by atoms with Gasteiger partial charge in [-0.2, -0.15) is 0 Å². The fraction of sp³-hybridized carbons (Fsp3) is 0.529. The van der Waals surface area contributed by atoms with Gasteiger partial charge in [0.05, 0.1) is 19.6 Å². The molecule has 0 aromatic rings. The summed E-state index contributed by atoms with van der Waals surface area (Å²) in [4.78, 5) is 46.8. The van der Waals surface area contributed by atoms with Gasteiger partial charge in [-0.15, -0.1) is 6.58 Å². The van der Waals surface area contributed by atoms with Crippen molar-refractivity contribution < 1.29 is 23.9 Å². The van der Waals surface area contributed by atoms with Crippen LogP contribution in [-0.2, 0) is 23.9 Å². The average Bonchev–Trinajstić information content (AvgIpc) is 2.94. The highest BCUT2D eigenvalue weighted by atomic mass is 16.5. The molecular formula is C17H26N4O5. The molecule has 0 radical (unpaired) electrons. The zero-order valence-corrected chi connectivity index (χ0v) is 15.0. The van der Waals surface area contributed by atoms with E-state index in [2.05, 4.69) is 22.7 Å². The molecule has 0 aromatic heterocycles. The van der Waals surface area contributed by atoms with Crippen molar-refractivity contribution in [3.8, 4) is 0 Å². The number of amides is 4. The van der Waals surface area contributed by atoms with Gasteiger partial charge in [-0.05, 0) is 5.92 Å². The lowest BCUT2D eigenvalue weighted by Gasteiger charge is -2.13. The van der Waals surface area contributed by atoms with E-state index in [1.54, 1.807) is 6.08 Å². The molecule has 0 saturated carbocycles. The smallest absolute Gasteiger partial charge is 0.253 e. The van der Waals surface area contributed by atoms with Gasteiger partial charge in [-0.3, -0.25) is 29.5 Å². The number of imide groups is 1. The molecule has 1 heterocycles.